The molecule has 15 aromatic rings. The van der Waals surface area contributed by atoms with Crippen LogP contribution >= 0.6 is 0 Å². The second kappa shape index (κ2) is 47.1. The van der Waals surface area contributed by atoms with Crippen LogP contribution in [0.4, 0.5) is 60.5 Å². The number of anilines is 6. The number of ether oxygens (including phenoxy) is 4. The largest absolute Gasteiger partial charge is 0.478 e. The lowest BCUT2D eigenvalue weighted by Gasteiger charge is -2.15. The van der Waals surface area contributed by atoms with E-state index in [1.807, 2.05) is 85.8 Å². The minimum Gasteiger partial charge on any atom is -0.478 e. The van der Waals surface area contributed by atoms with Gasteiger partial charge in [0.25, 0.3) is 0 Å². The number of benzene rings is 13. The smallest absolute Gasteiger partial charge is 0.416 e. The first-order chi connectivity index (χ1) is 67.4. The highest BCUT2D eigenvalue weighted by Crippen LogP contribution is 2.40. The highest BCUT2D eigenvalue weighted by atomic mass is 19.4. The summed E-state index contributed by atoms with van der Waals surface area (Å²) in [5.41, 5.74) is 10.4. The molecule has 4 heterocycles. The summed E-state index contributed by atoms with van der Waals surface area (Å²) in [6.45, 7) is 4.10. The summed E-state index contributed by atoms with van der Waals surface area (Å²) in [6, 6.07) is 94.9. The van der Waals surface area contributed by atoms with Crippen LogP contribution in [-0.2, 0) is 41.1 Å². The van der Waals surface area contributed by atoms with Gasteiger partial charge in [0, 0.05) is 93.6 Å². The number of fused-ring (bicyclic) bond motifs is 2. The molecule has 0 fully saturated rings. The van der Waals surface area contributed by atoms with Crippen molar-refractivity contribution < 1.29 is 109 Å². The number of carboxylic acid groups (broad SMARTS) is 3. The molecule has 28 heteroatoms. The predicted octanol–water partition coefficient (Wildman–Crippen LogP) is 26.2. The van der Waals surface area contributed by atoms with E-state index in [-0.39, 0.29) is 107 Å². The lowest BCUT2D eigenvalue weighted by Crippen LogP contribution is -2.10. The predicted molar refractivity (Wildman–Crippen MR) is 515 cm³/mol. The number of carbonyl (C=O) groups is 10. The molecule has 17 rings (SSSR count). The second-order valence-corrected chi connectivity index (χ2v) is 31.8. The van der Waals surface area contributed by atoms with Crippen molar-refractivity contribution in [3.05, 3.63) is 464 Å². The summed E-state index contributed by atoms with van der Waals surface area (Å²) in [6.07, 6.45) is -5.67. The maximum Gasteiger partial charge on any atom is 0.416 e. The van der Waals surface area contributed by atoms with Gasteiger partial charge in [-0.2, -0.15) is 26.3 Å². The number of aromatic carboxylic acids is 3. The molecule has 13 aromatic carbocycles. The van der Waals surface area contributed by atoms with E-state index in [0.717, 1.165) is 46.8 Å². The van der Waals surface area contributed by atoms with Gasteiger partial charge in [-0.25, -0.2) is 33.9 Å². The van der Waals surface area contributed by atoms with Gasteiger partial charge in [0.05, 0.1) is 62.9 Å². The molecule has 2 aromatic heterocycles. The Morgan fingerprint density at radius 2 is 0.636 bits per heavy atom. The first-order valence-electron chi connectivity index (χ1n) is 44.0. The van der Waals surface area contributed by atoms with Crippen molar-refractivity contribution in [2.24, 2.45) is 0 Å². The fourth-order valence-electron chi connectivity index (χ4n) is 15.3. The van der Waals surface area contributed by atoms with E-state index in [4.69, 9.17) is 18.9 Å². The Bertz CT molecular complexity index is 7040. The van der Waals surface area contributed by atoms with E-state index in [0.29, 0.717) is 96.9 Å². The monoisotopic (exact) mass is 1890 g/mol. The number of esters is 2. The van der Waals surface area contributed by atoms with E-state index < -0.39 is 65.5 Å². The minimum atomic E-state index is -4.47. The summed E-state index contributed by atoms with van der Waals surface area (Å²) in [4.78, 5) is 130. The Labute approximate surface area is 800 Å². The molecular formula is C112H89F6N5O17. The van der Waals surface area contributed by atoms with Crippen LogP contribution < -0.4 is 25.4 Å². The van der Waals surface area contributed by atoms with Gasteiger partial charge in [-0.3, -0.25) is 24.0 Å². The van der Waals surface area contributed by atoms with Crippen molar-refractivity contribution in [3.63, 3.8) is 0 Å². The summed E-state index contributed by atoms with van der Waals surface area (Å²) < 4.78 is 99.9. The van der Waals surface area contributed by atoms with Gasteiger partial charge in [-0.1, -0.05) is 188 Å². The maximum atomic E-state index is 13.0. The summed E-state index contributed by atoms with van der Waals surface area (Å²) >= 11 is 0. The number of hydrogen-bond donors (Lipinski definition) is 6. The zero-order valence-corrected chi connectivity index (χ0v) is 75.1. The van der Waals surface area contributed by atoms with E-state index in [9.17, 15) is 89.6 Å². The van der Waals surface area contributed by atoms with Crippen molar-refractivity contribution >= 4 is 92.9 Å². The molecule has 0 saturated carbocycles. The van der Waals surface area contributed by atoms with Crippen LogP contribution in [0.25, 0.3) is 0 Å². The first-order valence-corrected chi connectivity index (χ1v) is 44.0. The zero-order chi connectivity index (χ0) is 99.4. The molecule has 6 N–H and O–H groups in total. The number of alkyl halides is 6. The van der Waals surface area contributed by atoms with Crippen molar-refractivity contribution in [1.82, 2.24) is 9.97 Å². The molecule has 2 aliphatic rings. The SMILES string of the molecule is Cc1cccc(Nc2ccccc2C(=O)CCc2ccccc2C(=O)O)c1C.O=C(CC1OC(=O)c2ccccc21)c1ccccc1Nc1cccc(C(F)(F)F)c1.O=C(O)c1ccccc1CCC(=O)c1ccccc1Nc1cccc(C(F)(F)F)c1.O=C(O)c1ccccc1CCC(=O)c1cccnc1Oc1ccccc1.O=C1OC(CC(=O)c2cccnc2Oc2ccccc2)c2ccccc21. The molecule has 0 amide bonds. The number of hydrogen-bond acceptors (Lipinski definition) is 19. The van der Waals surface area contributed by atoms with Crippen LogP contribution in [0.5, 0.6) is 23.3 Å². The van der Waals surface area contributed by atoms with Gasteiger partial charge in [-0.15, -0.1) is 0 Å². The maximum absolute atomic E-state index is 13.0. The number of para-hydroxylation sites is 5. The summed E-state index contributed by atoms with van der Waals surface area (Å²) in [5, 5.41) is 37.0. The number of halogens is 6. The second-order valence-electron chi connectivity index (χ2n) is 31.8. The van der Waals surface area contributed by atoms with Gasteiger partial charge in [0.2, 0.25) is 11.8 Å². The number of pyridine rings is 2. The Hall–Kier alpha value is -17.6. The van der Waals surface area contributed by atoms with Gasteiger partial charge >= 0.3 is 42.2 Å². The normalized spacial score (nSPS) is 12.5. The van der Waals surface area contributed by atoms with Gasteiger partial charge in [-0.05, 0) is 219 Å². The average molecular weight is 1890 g/mol. The summed E-state index contributed by atoms with van der Waals surface area (Å²) in [7, 11) is 0. The summed E-state index contributed by atoms with van der Waals surface area (Å²) in [5.74, 6) is -3.14. The fourth-order valence-corrected chi connectivity index (χ4v) is 15.3. The molecule has 2 aliphatic heterocycles. The van der Waals surface area contributed by atoms with Crippen LogP contribution in [0.3, 0.4) is 0 Å². The molecule has 2 unspecified atom stereocenters. The van der Waals surface area contributed by atoms with E-state index >= 15 is 0 Å². The lowest BCUT2D eigenvalue weighted by atomic mass is 9.97. The molecule has 22 nitrogen and oxygen atoms in total. The van der Waals surface area contributed by atoms with Crippen LogP contribution in [-0.4, -0.2) is 84.1 Å². The average Bonchev–Trinajstić information content (AvgIpc) is 1.65. The fraction of sp³-hybridized carbons (Fsp3) is 0.125. The van der Waals surface area contributed by atoms with Crippen molar-refractivity contribution in [2.45, 2.75) is 89.8 Å². The topological polar surface area (TPSA) is 330 Å². The van der Waals surface area contributed by atoms with Gasteiger partial charge < -0.3 is 50.2 Å². The molecule has 2 atom stereocenters. The Morgan fingerprint density at radius 1 is 0.329 bits per heavy atom. The standard InChI is InChI=1S/C24H23NO3.C23H16F3NO3.C23H18F3NO3.C21H15NO4.C21H17NO4/c1-16-8-7-13-21(17(16)2)25-22-12-6-5-11-20(22)23(26)15-14-18-9-3-4-10-19(18)24(27)28;24-23(25,26)14-6-5-7-15(12-14)27-19-11-4-3-10-18(19)20(28)13-21-16-8-1-2-9-17(16)22(29)30-21;24-23(25,26)16-7-5-8-17(14-16)27-20-11-4-3-10-19(20)21(28)13-12-15-6-1-2-9-18(15)22(29)30;23-18(13-19-15-9-4-5-10-16(15)21(24)26-19)17-11-6-12-22-20(17)25-14-7-2-1-3-8-14;23-19(13-12-15-7-4-5-10-17(15)21(24)25)18-11-6-14-22-20(18)26-16-8-2-1-3-9-16/h3-13,25H,14-15H2,1-2H3,(H,27,28);1-12,21,27H,13H2;1-11,14,27H,12-13H2,(H,29,30);1-12,19H,13H2;1-11,14H,12-13H2,(H,24,25). The zero-order valence-electron chi connectivity index (χ0n) is 75.1. The number of nitrogens with zero attached hydrogens (tertiary/aromatic N) is 2. The first kappa shape index (κ1) is 99.9. The number of aryl methyl sites for hydroxylation is 4. The van der Waals surface area contributed by atoms with Crippen LogP contribution in [0.2, 0.25) is 0 Å². The van der Waals surface area contributed by atoms with E-state index in [2.05, 4.69) is 38.9 Å². The number of rotatable bonds is 31. The molecule has 0 saturated heterocycles. The molecular weight excluding hydrogens is 1800 g/mol. The van der Waals surface area contributed by atoms with Crippen molar-refractivity contribution in [2.75, 3.05) is 16.0 Å². The number of aromatic nitrogens is 2. The molecule has 0 aliphatic carbocycles. The van der Waals surface area contributed by atoms with E-state index in [1.54, 1.807) is 213 Å². The van der Waals surface area contributed by atoms with Gasteiger partial charge in [0.1, 0.15) is 23.7 Å². The Morgan fingerprint density at radius 3 is 1.03 bits per heavy atom. The molecule has 0 radical (unpaired) electrons. The number of nitrogens with one attached hydrogen (secondary N) is 3. The van der Waals surface area contributed by atoms with Crippen LogP contribution in [0.15, 0.2) is 358 Å². The molecule has 0 bridgehead atoms. The number of cyclic esters (lactones) is 2. The Kier molecular flexibility index (Phi) is 33.6. The quantitative estimate of drug-likeness (QED) is 0.0134. The lowest BCUT2D eigenvalue weighted by molar-refractivity contribution is -0.138. The van der Waals surface area contributed by atoms with Gasteiger partial charge in [0.15, 0.2) is 28.9 Å². The minimum absolute atomic E-state index is 0.0198. The molecule has 706 valence electrons. The molecule has 0 spiro atoms. The number of carbonyl (C=O) groups excluding carboxylic acids is 7. The number of carboxylic acids is 3. The third kappa shape index (κ3) is 26.7. The van der Waals surface area contributed by atoms with Crippen molar-refractivity contribution in [1.29, 1.82) is 0 Å². The highest BCUT2D eigenvalue weighted by Gasteiger charge is 2.37. The third-order valence-electron chi connectivity index (χ3n) is 22.5. The van der Waals surface area contributed by atoms with Crippen LogP contribution in [0.1, 0.15) is 198 Å². The number of Topliss-reactive ketones (excluding diaryl/α,β-unsaturated/α-hetero) is 5. The van der Waals surface area contributed by atoms with Crippen LogP contribution in [0, 0.1) is 13.8 Å². The highest BCUT2D eigenvalue weighted by molar-refractivity contribution is 6.06. The number of ketones is 5. The Balaban J connectivity index is 0.000000148. The molecule has 140 heavy (non-hydrogen) atoms. The van der Waals surface area contributed by atoms with Crippen molar-refractivity contribution in [3.8, 4) is 23.3 Å². The third-order valence-corrected chi connectivity index (χ3v) is 22.5. The van der Waals surface area contributed by atoms with E-state index in [1.165, 1.54) is 42.0 Å².